The second-order valence-electron chi connectivity index (χ2n) is 4.69. The average molecular weight is 354 g/mol. The Morgan fingerprint density at radius 2 is 1.95 bits per heavy atom. The molecule has 0 fully saturated rings. The summed E-state index contributed by atoms with van der Waals surface area (Å²) in [4.78, 5) is 36.9. The Hall–Kier alpha value is -1.73. The Kier molecular flexibility index (Phi) is 5.08. The van der Waals surface area contributed by atoms with Crippen molar-refractivity contribution < 1.29 is 14.4 Å². The van der Waals surface area contributed by atoms with E-state index in [1.54, 1.807) is 18.2 Å². The number of hydrogen-bond acceptors (Lipinski definition) is 4. The first kappa shape index (κ1) is 15.7. The largest absolute Gasteiger partial charge is 0.355 e. The van der Waals surface area contributed by atoms with Crippen molar-refractivity contribution in [3.05, 3.63) is 33.8 Å². The molecule has 1 aromatic rings. The molecule has 0 bridgehead atoms. The first-order valence-electron chi connectivity index (χ1n) is 6.67. The van der Waals surface area contributed by atoms with E-state index in [2.05, 4.69) is 21.2 Å². The van der Waals surface area contributed by atoms with E-state index in [-0.39, 0.29) is 30.7 Å². The molecule has 7 heteroatoms. The minimum Gasteiger partial charge on any atom is -0.355 e. The SMILES string of the molecule is NCCNC(=O)CCCN1C(=O)c2ccc(Br)cc2C1=O. The minimum absolute atomic E-state index is 0.125. The summed E-state index contributed by atoms with van der Waals surface area (Å²) < 4.78 is 0.755. The van der Waals surface area contributed by atoms with Gasteiger partial charge in [-0.15, -0.1) is 0 Å². The van der Waals surface area contributed by atoms with Crippen molar-refractivity contribution in [2.75, 3.05) is 19.6 Å². The fourth-order valence-electron chi connectivity index (χ4n) is 2.16. The molecule has 0 saturated heterocycles. The number of carbonyl (C=O) groups excluding carboxylic acids is 3. The number of rotatable bonds is 6. The van der Waals surface area contributed by atoms with Crippen molar-refractivity contribution in [3.8, 4) is 0 Å². The van der Waals surface area contributed by atoms with Gasteiger partial charge in [0.25, 0.3) is 11.8 Å². The standard InChI is InChI=1S/C14H16BrN3O3/c15-9-3-4-10-11(8-9)14(21)18(13(10)20)7-1-2-12(19)17-6-5-16/h3-4,8H,1-2,5-7,16H2,(H,17,19). The van der Waals surface area contributed by atoms with E-state index in [9.17, 15) is 14.4 Å². The predicted octanol–water partition coefficient (Wildman–Crippen LogP) is 0.900. The third-order valence-electron chi connectivity index (χ3n) is 3.18. The second kappa shape index (κ2) is 6.82. The van der Waals surface area contributed by atoms with Gasteiger partial charge in [-0.3, -0.25) is 19.3 Å². The van der Waals surface area contributed by atoms with Gasteiger partial charge in [-0.2, -0.15) is 0 Å². The van der Waals surface area contributed by atoms with Crippen LogP contribution in [0, 0.1) is 0 Å². The van der Waals surface area contributed by atoms with Gasteiger partial charge in [-0.1, -0.05) is 15.9 Å². The maximum atomic E-state index is 12.2. The van der Waals surface area contributed by atoms with Gasteiger partial charge in [0.15, 0.2) is 0 Å². The smallest absolute Gasteiger partial charge is 0.261 e. The summed E-state index contributed by atoms with van der Waals surface area (Å²) in [5, 5.41) is 2.65. The summed E-state index contributed by atoms with van der Waals surface area (Å²) in [6.45, 7) is 1.05. The van der Waals surface area contributed by atoms with Crippen molar-refractivity contribution >= 4 is 33.7 Å². The van der Waals surface area contributed by atoms with Crippen molar-refractivity contribution in [3.63, 3.8) is 0 Å². The molecule has 3 amide bonds. The van der Waals surface area contributed by atoms with Gasteiger partial charge >= 0.3 is 0 Å². The van der Waals surface area contributed by atoms with Gasteiger partial charge < -0.3 is 11.1 Å². The number of fused-ring (bicyclic) bond motifs is 1. The van der Waals surface area contributed by atoms with Crippen LogP contribution in [0.25, 0.3) is 0 Å². The molecule has 1 aromatic carbocycles. The van der Waals surface area contributed by atoms with Gasteiger partial charge in [0.1, 0.15) is 0 Å². The third-order valence-corrected chi connectivity index (χ3v) is 3.68. The molecular weight excluding hydrogens is 338 g/mol. The highest BCUT2D eigenvalue weighted by molar-refractivity contribution is 9.10. The number of carbonyl (C=O) groups is 3. The summed E-state index contributed by atoms with van der Waals surface area (Å²) in [5.74, 6) is -0.733. The maximum Gasteiger partial charge on any atom is 0.261 e. The van der Waals surface area contributed by atoms with E-state index in [1.165, 1.54) is 4.90 Å². The normalized spacial score (nSPS) is 13.5. The molecule has 0 aromatic heterocycles. The molecule has 0 atom stereocenters. The van der Waals surface area contributed by atoms with Crippen LogP contribution in [0.1, 0.15) is 33.6 Å². The van der Waals surface area contributed by atoms with Crippen molar-refractivity contribution in [2.45, 2.75) is 12.8 Å². The molecule has 0 spiro atoms. The lowest BCUT2D eigenvalue weighted by Gasteiger charge is -2.13. The Morgan fingerprint density at radius 1 is 1.24 bits per heavy atom. The highest BCUT2D eigenvalue weighted by Gasteiger charge is 2.35. The number of benzene rings is 1. The second-order valence-corrected chi connectivity index (χ2v) is 5.61. The van der Waals surface area contributed by atoms with Gasteiger partial charge in [-0.25, -0.2) is 0 Å². The average Bonchev–Trinajstić information content (AvgIpc) is 2.69. The van der Waals surface area contributed by atoms with Crippen LogP contribution in [0.4, 0.5) is 0 Å². The van der Waals surface area contributed by atoms with Gasteiger partial charge in [0.2, 0.25) is 5.91 Å². The third kappa shape index (κ3) is 3.48. The monoisotopic (exact) mass is 353 g/mol. The lowest BCUT2D eigenvalue weighted by atomic mass is 10.1. The number of nitrogens with one attached hydrogen (secondary N) is 1. The summed E-state index contributed by atoms with van der Waals surface area (Å²) in [6.07, 6.45) is 0.695. The number of imide groups is 1. The van der Waals surface area contributed by atoms with Crippen LogP contribution in [-0.4, -0.2) is 42.3 Å². The number of nitrogens with zero attached hydrogens (tertiary/aromatic N) is 1. The first-order valence-corrected chi connectivity index (χ1v) is 7.46. The lowest BCUT2D eigenvalue weighted by molar-refractivity contribution is -0.121. The van der Waals surface area contributed by atoms with Gasteiger partial charge in [0.05, 0.1) is 11.1 Å². The van der Waals surface area contributed by atoms with Crippen LogP contribution in [-0.2, 0) is 4.79 Å². The lowest BCUT2D eigenvalue weighted by Crippen LogP contribution is -2.33. The Labute approximate surface area is 130 Å². The first-order chi connectivity index (χ1) is 10.0. The van der Waals surface area contributed by atoms with Crippen LogP contribution in [0.3, 0.4) is 0 Å². The highest BCUT2D eigenvalue weighted by Crippen LogP contribution is 2.26. The summed E-state index contributed by atoms with van der Waals surface area (Å²) in [7, 11) is 0. The zero-order valence-corrected chi connectivity index (χ0v) is 13.0. The number of amides is 3. The van der Waals surface area contributed by atoms with Crippen LogP contribution < -0.4 is 11.1 Å². The van der Waals surface area contributed by atoms with Crippen LogP contribution in [0.5, 0.6) is 0 Å². The van der Waals surface area contributed by atoms with Crippen LogP contribution in [0.2, 0.25) is 0 Å². The van der Waals surface area contributed by atoms with Crippen molar-refractivity contribution in [1.82, 2.24) is 10.2 Å². The summed E-state index contributed by atoms with van der Waals surface area (Å²) in [6, 6.07) is 5.00. The molecule has 112 valence electrons. The molecule has 1 heterocycles. The highest BCUT2D eigenvalue weighted by atomic mass is 79.9. The maximum absolute atomic E-state index is 12.2. The Morgan fingerprint density at radius 3 is 2.67 bits per heavy atom. The quantitative estimate of drug-likeness (QED) is 0.743. The number of hydrogen-bond donors (Lipinski definition) is 2. The summed E-state index contributed by atoms with van der Waals surface area (Å²) in [5.41, 5.74) is 6.10. The topological polar surface area (TPSA) is 92.5 Å². The molecule has 0 radical (unpaired) electrons. The molecule has 0 unspecified atom stereocenters. The van der Waals surface area contributed by atoms with Gasteiger partial charge in [-0.05, 0) is 24.6 Å². The number of nitrogens with two attached hydrogens (primary N) is 1. The molecule has 6 nitrogen and oxygen atoms in total. The molecule has 0 saturated carbocycles. The van der Waals surface area contributed by atoms with E-state index in [0.717, 1.165) is 4.47 Å². The zero-order chi connectivity index (χ0) is 15.4. The molecular formula is C14H16BrN3O3. The zero-order valence-electron chi connectivity index (χ0n) is 11.4. The molecule has 3 N–H and O–H groups in total. The Balaban J connectivity index is 1.93. The van der Waals surface area contributed by atoms with Crippen LogP contribution >= 0.6 is 15.9 Å². The van der Waals surface area contributed by atoms with E-state index in [1.807, 2.05) is 0 Å². The number of halogens is 1. The van der Waals surface area contributed by atoms with E-state index in [4.69, 9.17) is 5.73 Å². The Bertz CT molecular complexity index is 589. The molecule has 1 aliphatic rings. The summed E-state index contributed by atoms with van der Waals surface area (Å²) >= 11 is 3.28. The van der Waals surface area contributed by atoms with E-state index in [0.29, 0.717) is 30.6 Å². The van der Waals surface area contributed by atoms with Crippen molar-refractivity contribution in [2.24, 2.45) is 5.73 Å². The van der Waals surface area contributed by atoms with E-state index >= 15 is 0 Å². The van der Waals surface area contributed by atoms with Crippen LogP contribution in [0.15, 0.2) is 22.7 Å². The fourth-order valence-corrected chi connectivity index (χ4v) is 2.52. The molecule has 2 rings (SSSR count). The van der Waals surface area contributed by atoms with Crippen molar-refractivity contribution in [1.29, 1.82) is 0 Å². The molecule has 0 aliphatic carbocycles. The van der Waals surface area contributed by atoms with Gasteiger partial charge in [0, 0.05) is 30.5 Å². The fraction of sp³-hybridized carbons (Fsp3) is 0.357. The molecule has 21 heavy (non-hydrogen) atoms. The van der Waals surface area contributed by atoms with E-state index < -0.39 is 0 Å². The predicted molar refractivity (Wildman–Crippen MR) is 80.8 cm³/mol. The molecule has 1 aliphatic heterocycles. The minimum atomic E-state index is -0.307.